The van der Waals surface area contributed by atoms with Crippen LogP contribution in [0.5, 0.6) is 0 Å². The van der Waals surface area contributed by atoms with Crippen molar-refractivity contribution in [2.24, 2.45) is 0 Å². The molecule has 0 aliphatic heterocycles. The molecule has 1 aromatic carbocycles. The third kappa shape index (κ3) is 6.01. The summed E-state index contributed by atoms with van der Waals surface area (Å²) >= 11 is 1.70. The molecule has 3 aromatic heterocycles. The first-order chi connectivity index (χ1) is 17.9. The van der Waals surface area contributed by atoms with E-state index in [-0.39, 0.29) is 0 Å². The maximum absolute atomic E-state index is 4.70. The first-order valence-corrected chi connectivity index (χ1v) is 13.6. The molecule has 0 fully saturated rings. The van der Waals surface area contributed by atoms with Gasteiger partial charge in [-0.05, 0) is 110 Å². The summed E-state index contributed by atoms with van der Waals surface area (Å²) < 4.78 is 0. The number of H-pyrrole nitrogens is 2. The predicted octanol–water partition coefficient (Wildman–Crippen LogP) is 8.40. The van der Waals surface area contributed by atoms with Crippen molar-refractivity contribution in [2.75, 3.05) is 20.6 Å². The van der Waals surface area contributed by atoms with Gasteiger partial charge in [-0.1, -0.05) is 49.6 Å². The van der Waals surface area contributed by atoms with Gasteiger partial charge in [0.05, 0.1) is 11.2 Å². The van der Waals surface area contributed by atoms with Gasteiger partial charge in [0.2, 0.25) is 0 Å². The second-order valence-electron chi connectivity index (χ2n) is 9.46. The van der Waals surface area contributed by atoms with Gasteiger partial charge in [0.15, 0.2) is 0 Å². The van der Waals surface area contributed by atoms with Crippen LogP contribution < -0.4 is 0 Å². The molecular weight excluding hydrogens is 472 g/mol. The molecule has 0 spiro atoms. The minimum Gasteiger partial charge on any atom is -0.357 e. The Bertz CT molecular complexity index is 1470. The van der Waals surface area contributed by atoms with Crippen LogP contribution in [0.15, 0.2) is 90.2 Å². The Kier molecular flexibility index (Phi) is 8.59. The molecule has 0 aliphatic rings. The summed E-state index contributed by atoms with van der Waals surface area (Å²) in [5.74, 6) is 0. The van der Waals surface area contributed by atoms with Crippen molar-refractivity contribution in [1.82, 2.24) is 20.1 Å². The van der Waals surface area contributed by atoms with E-state index in [4.69, 9.17) is 5.10 Å². The molecule has 2 N–H and O–H groups in total. The van der Waals surface area contributed by atoms with Crippen LogP contribution >= 0.6 is 11.3 Å². The zero-order valence-corrected chi connectivity index (χ0v) is 23.1. The van der Waals surface area contributed by atoms with Gasteiger partial charge in [-0.2, -0.15) is 16.4 Å². The molecule has 3 heterocycles. The highest BCUT2D eigenvalue weighted by atomic mass is 32.1. The Hall–Kier alpha value is -3.67. The lowest BCUT2D eigenvalue weighted by molar-refractivity contribution is 0.400. The van der Waals surface area contributed by atoms with Crippen LogP contribution in [-0.4, -0.2) is 40.7 Å². The van der Waals surface area contributed by atoms with E-state index in [0.717, 1.165) is 58.5 Å². The summed E-state index contributed by atoms with van der Waals surface area (Å²) in [6, 6.07) is 10.8. The average molecular weight is 509 g/mol. The minimum absolute atomic E-state index is 0.920. The summed E-state index contributed by atoms with van der Waals surface area (Å²) in [5, 5.41) is 13.3. The van der Waals surface area contributed by atoms with Crippen LogP contribution in [0.2, 0.25) is 0 Å². The molecule has 0 unspecified atom stereocenters. The highest BCUT2D eigenvalue weighted by Crippen LogP contribution is 2.34. The Morgan fingerprint density at radius 2 is 1.97 bits per heavy atom. The second-order valence-corrected chi connectivity index (χ2v) is 10.2. The molecule has 4 aromatic rings. The Morgan fingerprint density at radius 3 is 2.65 bits per heavy atom. The van der Waals surface area contributed by atoms with E-state index in [1.54, 1.807) is 11.3 Å². The number of benzene rings is 1. The van der Waals surface area contributed by atoms with Gasteiger partial charge in [0.25, 0.3) is 0 Å². The van der Waals surface area contributed by atoms with Crippen molar-refractivity contribution < 1.29 is 0 Å². The monoisotopic (exact) mass is 508 g/mol. The van der Waals surface area contributed by atoms with Crippen LogP contribution in [0, 0.1) is 6.92 Å². The second kappa shape index (κ2) is 12.0. The lowest BCUT2D eigenvalue weighted by Crippen LogP contribution is -2.12. The number of hydrogen-bond donors (Lipinski definition) is 2. The number of aryl methyl sites for hydroxylation is 1. The van der Waals surface area contributed by atoms with Gasteiger partial charge >= 0.3 is 0 Å². The van der Waals surface area contributed by atoms with Gasteiger partial charge < -0.3 is 9.88 Å². The number of aromatic amines is 2. The number of thiophene rings is 1. The van der Waals surface area contributed by atoms with Crippen molar-refractivity contribution in [1.29, 1.82) is 0 Å². The van der Waals surface area contributed by atoms with Crippen LogP contribution in [0.25, 0.3) is 33.4 Å². The predicted molar refractivity (Wildman–Crippen MR) is 162 cm³/mol. The highest BCUT2D eigenvalue weighted by molar-refractivity contribution is 7.08. The van der Waals surface area contributed by atoms with Gasteiger partial charge in [-0.25, -0.2) is 0 Å². The zero-order chi connectivity index (χ0) is 26.4. The smallest absolute Gasteiger partial charge is 0.116 e. The van der Waals surface area contributed by atoms with Crippen molar-refractivity contribution >= 4 is 33.4 Å². The molecule has 4 rings (SSSR count). The molecule has 0 bridgehead atoms. The van der Waals surface area contributed by atoms with Crippen LogP contribution in [0.3, 0.4) is 0 Å². The van der Waals surface area contributed by atoms with Gasteiger partial charge in [0.1, 0.15) is 5.69 Å². The summed E-state index contributed by atoms with van der Waals surface area (Å²) in [7, 11) is 4.22. The highest BCUT2D eigenvalue weighted by Gasteiger charge is 2.16. The topological polar surface area (TPSA) is 47.7 Å². The molecule has 0 radical (unpaired) electrons. The molecule has 5 heteroatoms. The number of hydrogen-bond acceptors (Lipinski definition) is 3. The number of nitrogens with zero attached hydrogens (tertiary/aromatic N) is 2. The minimum atomic E-state index is 0.920. The van der Waals surface area contributed by atoms with Crippen LogP contribution in [0.1, 0.15) is 42.1 Å². The standard InChI is InChI=1S/C32H36N4S/c1-7-11-27(26-15-17-37-21-26)28-20-31(33-22(28)4)32-29-19-25(13-14-30(29)34-35-32)24(9-3)18-23(8-2)12-10-16-36(5)6/h7-9,11,13-15,17-21,33H,1-2,10,12,16H2,3-6H3,(H,34,35)/b23-18+,24-9+,27-11-. The number of allylic oxidation sites excluding steroid dienone is 7. The number of aromatic nitrogens is 3. The quantitative estimate of drug-likeness (QED) is 0.200. The summed E-state index contributed by atoms with van der Waals surface area (Å²) in [6.07, 6.45) is 12.4. The van der Waals surface area contributed by atoms with E-state index < -0.39 is 0 Å². The lowest BCUT2D eigenvalue weighted by atomic mass is 9.98. The third-order valence-electron chi connectivity index (χ3n) is 6.56. The normalized spacial score (nSPS) is 13.1. The van der Waals surface area contributed by atoms with E-state index in [0.29, 0.717) is 0 Å². The molecule has 4 nitrogen and oxygen atoms in total. The Balaban J connectivity index is 1.70. The summed E-state index contributed by atoms with van der Waals surface area (Å²) in [4.78, 5) is 5.80. The summed E-state index contributed by atoms with van der Waals surface area (Å²) in [6.45, 7) is 13.2. The van der Waals surface area contributed by atoms with E-state index in [2.05, 4.69) is 115 Å². The molecule has 0 atom stereocenters. The first-order valence-electron chi connectivity index (χ1n) is 12.6. The Morgan fingerprint density at radius 1 is 1.14 bits per heavy atom. The maximum Gasteiger partial charge on any atom is 0.116 e. The zero-order valence-electron chi connectivity index (χ0n) is 22.3. The van der Waals surface area contributed by atoms with E-state index in [1.165, 1.54) is 22.3 Å². The molecule has 0 amide bonds. The average Bonchev–Trinajstić information content (AvgIpc) is 3.64. The van der Waals surface area contributed by atoms with Crippen LogP contribution in [0.4, 0.5) is 0 Å². The van der Waals surface area contributed by atoms with Crippen molar-refractivity contribution in [3.8, 4) is 11.4 Å². The van der Waals surface area contributed by atoms with E-state index in [9.17, 15) is 0 Å². The van der Waals surface area contributed by atoms with Gasteiger partial charge in [0, 0.05) is 16.6 Å². The molecule has 37 heavy (non-hydrogen) atoms. The molecular formula is C32H36N4S. The molecule has 0 saturated heterocycles. The van der Waals surface area contributed by atoms with Crippen LogP contribution in [-0.2, 0) is 0 Å². The molecule has 0 aliphatic carbocycles. The van der Waals surface area contributed by atoms with Crippen molar-refractivity contribution in [3.05, 3.63) is 113 Å². The van der Waals surface area contributed by atoms with Gasteiger partial charge in [-0.15, -0.1) is 0 Å². The third-order valence-corrected chi connectivity index (χ3v) is 7.24. The molecule has 0 saturated carbocycles. The fourth-order valence-corrected chi connectivity index (χ4v) is 5.26. The number of rotatable bonds is 11. The Labute approximate surface area is 224 Å². The molecule has 190 valence electrons. The SMILES string of the molecule is C=C/C=C(/c1ccsc1)c1cc(-c2n[nH]c3ccc(C(/C=C(\C=C)CCCN(C)C)=C/C)cc23)[nH]c1C. The number of nitrogens with one attached hydrogen (secondary N) is 2. The maximum atomic E-state index is 4.70. The fraction of sp³-hybridized carbons (Fsp3) is 0.219. The van der Waals surface area contributed by atoms with Crippen molar-refractivity contribution in [3.63, 3.8) is 0 Å². The first kappa shape index (κ1) is 26.4. The summed E-state index contributed by atoms with van der Waals surface area (Å²) in [5.41, 5.74) is 11.1. The fourth-order valence-electron chi connectivity index (χ4n) is 4.61. The van der Waals surface area contributed by atoms with Crippen molar-refractivity contribution in [2.45, 2.75) is 26.7 Å². The lowest BCUT2D eigenvalue weighted by Gasteiger charge is -2.10. The van der Waals surface area contributed by atoms with E-state index >= 15 is 0 Å². The number of fused-ring (bicyclic) bond motifs is 1. The van der Waals surface area contributed by atoms with Gasteiger partial charge in [-0.3, -0.25) is 5.10 Å². The largest absolute Gasteiger partial charge is 0.357 e. The van der Waals surface area contributed by atoms with E-state index in [1.807, 2.05) is 12.2 Å².